The van der Waals surface area contributed by atoms with Gasteiger partial charge in [0.05, 0.1) is 12.7 Å². The van der Waals surface area contributed by atoms with Gasteiger partial charge in [-0.2, -0.15) is 21.6 Å². The first-order chi connectivity index (χ1) is 17.4. The molecule has 198 valence electrons. The summed E-state index contributed by atoms with van der Waals surface area (Å²) in [6.07, 6.45) is -4.72. The molecule has 0 radical (unpaired) electrons. The maximum absolute atomic E-state index is 13.1. The molecule has 11 heteroatoms. The van der Waals surface area contributed by atoms with Crippen molar-refractivity contribution in [1.29, 1.82) is 0 Å². The molecular formula is C26H27F3N2O5S. The molecule has 0 unspecified atom stereocenters. The average molecular weight is 537 g/mol. The van der Waals surface area contributed by atoms with Crippen molar-refractivity contribution in [3.05, 3.63) is 89.5 Å². The molecule has 0 atom stereocenters. The predicted octanol–water partition coefficient (Wildman–Crippen LogP) is 5.60. The lowest BCUT2D eigenvalue weighted by molar-refractivity contribution is -0.137. The highest BCUT2D eigenvalue weighted by atomic mass is 32.2. The third-order valence-corrected chi connectivity index (χ3v) is 6.63. The van der Waals surface area contributed by atoms with Crippen LogP contribution in [0.2, 0.25) is 0 Å². The summed E-state index contributed by atoms with van der Waals surface area (Å²) in [5.74, 6) is -0.158. The van der Waals surface area contributed by atoms with Crippen molar-refractivity contribution in [3.8, 4) is 11.5 Å². The fourth-order valence-electron chi connectivity index (χ4n) is 3.44. The number of hydrogen-bond acceptors (Lipinski definition) is 5. The van der Waals surface area contributed by atoms with Crippen molar-refractivity contribution in [1.82, 2.24) is 10.2 Å². The SMILES string of the molecule is COc1ccc(CN(C(=O)NCc2ccccc2)C(C)C)cc1OS(=O)(=O)c1cccc(C(F)(F)F)c1. The minimum absolute atomic E-state index is 0.0592. The zero-order chi connectivity index (χ0) is 27.2. The van der Waals surface area contributed by atoms with E-state index in [1.54, 1.807) is 11.0 Å². The van der Waals surface area contributed by atoms with E-state index in [-0.39, 0.29) is 30.1 Å². The zero-order valence-corrected chi connectivity index (χ0v) is 21.3. The maximum atomic E-state index is 13.1. The van der Waals surface area contributed by atoms with Gasteiger partial charge in [0.1, 0.15) is 4.90 Å². The summed E-state index contributed by atoms with van der Waals surface area (Å²) < 4.78 is 75.2. The minimum Gasteiger partial charge on any atom is -0.493 e. The van der Waals surface area contributed by atoms with E-state index in [1.807, 2.05) is 44.2 Å². The van der Waals surface area contributed by atoms with Gasteiger partial charge in [-0.1, -0.05) is 42.5 Å². The van der Waals surface area contributed by atoms with E-state index in [9.17, 15) is 26.4 Å². The van der Waals surface area contributed by atoms with Crippen LogP contribution in [0.25, 0.3) is 0 Å². The molecule has 1 N–H and O–H groups in total. The minimum atomic E-state index is -4.72. The van der Waals surface area contributed by atoms with Crippen LogP contribution in [0.5, 0.6) is 11.5 Å². The molecule has 3 aromatic rings. The van der Waals surface area contributed by atoms with Crippen LogP contribution in [-0.2, 0) is 29.4 Å². The largest absolute Gasteiger partial charge is 0.493 e. The van der Waals surface area contributed by atoms with Crippen molar-refractivity contribution >= 4 is 16.1 Å². The van der Waals surface area contributed by atoms with Crippen LogP contribution in [0.1, 0.15) is 30.5 Å². The van der Waals surface area contributed by atoms with Crippen LogP contribution in [-0.4, -0.2) is 32.5 Å². The molecule has 0 bridgehead atoms. The third-order valence-electron chi connectivity index (χ3n) is 5.40. The van der Waals surface area contributed by atoms with Crippen LogP contribution in [0, 0.1) is 0 Å². The lowest BCUT2D eigenvalue weighted by Crippen LogP contribution is -2.43. The Labute approximate surface area is 213 Å². The lowest BCUT2D eigenvalue weighted by Gasteiger charge is -2.27. The second-order valence-electron chi connectivity index (χ2n) is 8.41. The molecule has 0 aromatic heterocycles. The first kappa shape index (κ1) is 27.9. The molecule has 0 saturated carbocycles. The number of alkyl halides is 3. The Hall–Kier alpha value is -3.73. The molecule has 0 aliphatic rings. The smallest absolute Gasteiger partial charge is 0.416 e. The Morgan fingerprint density at radius 2 is 1.65 bits per heavy atom. The van der Waals surface area contributed by atoms with Crippen LogP contribution in [0.4, 0.5) is 18.0 Å². The Balaban J connectivity index is 1.82. The second kappa shape index (κ2) is 11.5. The second-order valence-corrected chi connectivity index (χ2v) is 9.96. The standard InChI is InChI=1S/C26H27F3N2O5S/c1-18(2)31(25(32)30-16-19-8-5-4-6-9-19)17-20-12-13-23(35-3)24(14-20)36-37(33,34)22-11-7-10-21(15-22)26(27,28)29/h4-15,18H,16-17H2,1-3H3,(H,30,32). The van der Waals surface area contributed by atoms with Gasteiger partial charge in [-0.25, -0.2) is 4.79 Å². The van der Waals surface area contributed by atoms with Gasteiger partial charge < -0.3 is 19.1 Å². The number of ether oxygens (including phenoxy) is 1. The van der Waals surface area contributed by atoms with Crippen LogP contribution >= 0.6 is 0 Å². The highest BCUT2D eigenvalue weighted by Crippen LogP contribution is 2.34. The number of methoxy groups -OCH3 is 1. The molecule has 3 aromatic carbocycles. The molecular weight excluding hydrogens is 509 g/mol. The lowest BCUT2D eigenvalue weighted by atomic mass is 10.1. The maximum Gasteiger partial charge on any atom is 0.416 e. The number of carbonyl (C=O) groups excluding carboxylic acids is 1. The third kappa shape index (κ3) is 7.39. The van der Waals surface area contributed by atoms with Crippen molar-refractivity contribution in [2.45, 2.75) is 44.1 Å². The van der Waals surface area contributed by atoms with E-state index >= 15 is 0 Å². The fraction of sp³-hybridized carbons (Fsp3) is 0.269. The van der Waals surface area contributed by atoms with Crippen molar-refractivity contribution < 1.29 is 35.3 Å². The Kier molecular flexibility index (Phi) is 8.69. The quantitative estimate of drug-likeness (QED) is 0.360. The number of nitrogens with one attached hydrogen (secondary N) is 1. The first-order valence-corrected chi connectivity index (χ1v) is 12.7. The van der Waals surface area contributed by atoms with Gasteiger partial charge in [-0.3, -0.25) is 0 Å². The topological polar surface area (TPSA) is 84.9 Å². The number of nitrogens with zero attached hydrogens (tertiary/aromatic N) is 1. The molecule has 2 amide bonds. The van der Waals surface area contributed by atoms with Crippen molar-refractivity contribution in [3.63, 3.8) is 0 Å². The summed E-state index contributed by atoms with van der Waals surface area (Å²) in [6, 6.07) is 16.6. The van der Waals surface area contributed by atoms with E-state index in [0.717, 1.165) is 23.8 Å². The Morgan fingerprint density at radius 3 is 2.27 bits per heavy atom. The predicted molar refractivity (Wildman–Crippen MR) is 132 cm³/mol. The number of halogens is 3. The van der Waals surface area contributed by atoms with Gasteiger partial charge in [0.2, 0.25) is 0 Å². The van der Waals surface area contributed by atoms with E-state index in [1.165, 1.54) is 19.2 Å². The molecule has 37 heavy (non-hydrogen) atoms. The summed E-state index contributed by atoms with van der Waals surface area (Å²) in [4.78, 5) is 13.8. The van der Waals surface area contributed by atoms with Gasteiger partial charge in [0.25, 0.3) is 0 Å². The molecule has 0 aliphatic heterocycles. The average Bonchev–Trinajstić information content (AvgIpc) is 2.86. The van der Waals surface area contributed by atoms with Gasteiger partial charge in [-0.15, -0.1) is 0 Å². The molecule has 0 aliphatic carbocycles. The zero-order valence-electron chi connectivity index (χ0n) is 20.5. The number of hydrogen-bond donors (Lipinski definition) is 1. The molecule has 0 saturated heterocycles. The Morgan fingerprint density at radius 1 is 0.946 bits per heavy atom. The highest BCUT2D eigenvalue weighted by Gasteiger charge is 2.32. The monoisotopic (exact) mass is 536 g/mol. The highest BCUT2D eigenvalue weighted by molar-refractivity contribution is 7.87. The number of carbonyl (C=O) groups is 1. The number of rotatable bonds is 9. The van der Waals surface area contributed by atoms with E-state index in [4.69, 9.17) is 8.92 Å². The summed E-state index contributed by atoms with van der Waals surface area (Å²) in [5, 5.41) is 2.86. The fourth-order valence-corrected chi connectivity index (χ4v) is 4.42. The van der Waals surface area contributed by atoms with Gasteiger partial charge in [0, 0.05) is 19.1 Å². The molecule has 0 fully saturated rings. The van der Waals surface area contributed by atoms with Gasteiger partial charge in [0.15, 0.2) is 11.5 Å². The molecule has 3 rings (SSSR count). The van der Waals surface area contributed by atoms with Crippen molar-refractivity contribution in [2.24, 2.45) is 0 Å². The number of amides is 2. The molecule has 0 spiro atoms. The normalized spacial score (nSPS) is 11.8. The molecule has 0 heterocycles. The molecule has 7 nitrogen and oxygen atoms in total. The summed E-state index contributed by atoms with van der Waals surface area (Å²) in [6.45, 7) is 4.11. The number of benzene rings is 3. The van der Waals surface area contributed by atoms with E-state index in [2.05, 4.69) is 5.32 Å². The van der Waals surface area contributed by atoms with Gasteiger partial charge in [-0.05, 0) is 55.3 Å². The van der Waals surface area contributed by atoms with E-state index < -0.39 is 26.8 Å². The summed E-state index contributed by atoms with van der Waals surface area (Å²) in [5.41, 5.74) is 0.338. The van der Waals surface area contributed by atoms with Crippen molar-refractivity contribution in [2.75, 3.05) is 7.11 Å². The van der Waals surface area contributed by atoms with Crippen LogP contribution < -0.4 is 14.2 Å². The van der Waals surface area contributed by atoms with Gasteiger partial charge >= 0.3 is 22.3 Å². The van der Waals surface area contributed by atoms with Crippen LogP contribution in [0.15, 0.2) is 77.7 Å². The summed E-state index contributed by atoms with van der Waals surface area (Å²) >= 11 is 0. The summed E-state index contributed by atoms with van der Waals surface area (Å²) in [7, 11) is -3.32. The Bertz CT molecular complexity index is 1330. The van der Waals surface area contributed by atoms with Crippen LogP contribution in [0.3, 0.4) is 0 Å². The number of urea groups is 1. The van der Waals surface area contributed by atoms with E-state index in [0.29, 0.717) is 18.2 Å². The first-order valence-electron chi connectivity index (χ1n) is 11.3.